The van der Waals surface area contributed by atoms with Gasteiger partial charge in [0, 0.05) is 19.8 Å². The molecule has 2 aromatic rings. The van der Waals surface area contributed by atoms with Gasteiger partial charge in [-0.1, -0.05) is 30.3 Å². The SMILES string of the molecule is CN=C(NCC(=O)Nc1cccnc1)NCc1ccccc1.I. The second kappa shape index (κ2) is 10.5. The van der Waals surface area contributed by atoms with Crippen LogP contribution in [0.5, 0.6) is 0 Å². The molecule has 0 aliphatic rings. The first-order valence-corrected chi connectivity index (χ1v) is 6.96. The summed E-state index contributed by atoms with van der Waals surface area (Å²) in [6, 6.07) is 13.5. The van der Waals surface area contributed by atoms with E-state index in [0.29, 0.717) is 18.2 Å². The number of nitrogens with one attached hydrogen (secondary N) is 3. The predicted octanol–water partition coefficient (Wildman–Crippen LogP) is 2.00. The number of benzene rings is 1. The predicted molar refractivity (Wildman–Crippen MR) is 103 cm³/mol. The molecule has 1 heterocycles. The van der Waals surface area contributed by atoms with Crippen molar-refractivity contribution in [1.29, 1.82) is 0 Å². The summed E-state index contributed by atoms with van der Waals surface area (Å²) in [4.78, 5) is 19.8. The Morgan fingerprint density at radius 3 is 2.57 bits per heavy atom. The summed E-state index contributed by atoms with van der Waals surface area (Å²) in [5, 5.41) is 8.87. The number of amides is 1. The monoisotopic (exact) mass is 425 g/mol. The third-order valence-electron chi connectivity index (χ3n) is 2.89. The molecule has 1 amide bonds. The maximum atomic E-state index is 11.8. The van der Waals surface area contributed by atoms with Gasteiger partial charge in [-0.2, -0.15) is 0 Å². The van der Waals surface area contributed by atoms with Gasteiger partial charge in [-0.3, -0.25) is 14.8 Å². The Bertz CT molecular complexity index is 619. The largest absolute Gasteiger partial charge is 0.352 e. The van der Waals surface area contributed by atoms with Crippen LogP contribution >= 0.6 is 24.0 Å². The minimum Gasteiger partial charge on any atom is -0.352 e. The maximum Gasteiger partial charge on any atom is 0.243 e. The van der Waals surface area contributed by atoms with Crippen LogP contribution in [0.1, 0.15) is 5.56 Å². The number of guanidine groups is 1. The molecule has 23 heavy (non-hydrogen) atoms. The molecule has 0 spiro atoms. The second-order valence-electron chi connectivity index (χ2n) is 4.55. The lowest BCUT2D eigenvalue weighted by Gasteiger charge is -2.12. The molecule has 0 radical (unpaired) electrons. The average Bonchev–Trinajstić information content (AvgIpc) is 2.57. The molecule has 7 heteroatoms. The van der Waals surface area contributed by atoms with Crippen LogP contribution in [0.3, 0.4) is 0 Å². The lowest BCUT2D eigenvalue weighted by atomic mass is 10.2. The van der Waals surface area contributed by atoms with Crippen LogP contribution in [-0.2, 0) is 11.3 Å². The Labute approximate surface area is 152 Å². The number of rotatable bonds is 5. The number of aliphatic imine (C=N–C) groups is 1. The van der Waals surface area contributed by atoms with Crippen molar-refractivity contribution in [3.8, 4) is 0 Å². The molecule has 0 atom stereocenters. The zero-order valence-electron chi connectivity index (χ0n) is 12.8. The van der Waals surface area contributed by atoms with Gasteiger partial charge in [-0.05, 0) is 17.7 Å². The van der Waals surface area contributed by atoms with Gasteiger partial charge < -0.3 is 16.0 Å². The van der Waals surface area contributed by atoms with Crippen LogP contribution in [-0.4, -0.2) is 30.4 Å². The molecule has 0 aliphatic heterocycles. The van der Waals surface area contributed by atoms with E-state index < -0.39 is 0 Å². The maximum absolute atomic E-state index is 11.8. The Hall–Kier alpha value is -2.16. The van der Waals surface area contributed by atoms with Crippen LogP contribution in [0.4, 0.5) is 5.69 Å². The fourth-order valence-corrected chi connectivity index (χ4v) is 1.81. The van der Waals surface area contributed by atoms with E-state index >= 15 is 0 Å². The highest BCUT2D eigenvalue weighted by atomic mass is 127. The molecule has 1 aromatic heterocycles. The molecule has 0 aliphatic carbocycles. The Balaban J connectivity index is 0.00000264. The molecule has 1 aromatic carbocycles. The summed E-state index contributed by atoms with van der Waals surface area (Å²) < 4.78 is 0. The first kappa shape index (κ1) is 18.9. The Morgan fingerprint density at radius 2 is 1.91 bits per heavy atom. The molecule has 122 valence electrons. The summed E-state index contributed by atoms with van der Waals surface area (Å²) >= 11 is 0. The van der Waals surface area contributed by atoms with E-state index in [1.165, 1.54) is 0 Å². The zero-order valence-corrected chi connectivity index (χ0v) is 15.2. The molecule has 0 unspecified atom stereocenters. The number of carbonyl (C=O) groups excluding carboxylic acids is 1. The standard InChI is InChI=1S/C16H19N5O.HI/c1-17-16(19-10-13-6-3-2-4-7-13)20-12-15(22)21-14-8-5-9-18-11-14;/h2-9,11H,10,12H2,1H3,(H,21,22)(H2,17,19,20);1H. The number of anilines is 1. The van der Waals surface area contributed by atoms with Crippen molar-refractivity contribution in [3.63, 3.8) is 0 Å². The zero-order chi connectivity index (χ0) is 15.6. The van der Waals surface area contributed by atoms with Crippen molar-refractivity contribution in [2.75, 3.05) is 18.9 Å². The fourth-order valence-electron chi connectivity index (χ4n) is 1.81. The van der Waals surface area contributed by atoms with Crippen molar-refractivity contribution >= 4 is 41.5 Å². The fraction of sp³-hybridized carbons (Fsp3) is 0.188. The van der Waals surface area contributed by atoms with Crippen LogP contribution < -0.4 is 16.0 Å². The number of halogens is 1. The number of hydrogen-bond acceptors (Lipinski definition) is 3. The first-order valence-electron chi connectivity index (χ1n) is 6.96. The third-order valence-corrected chi connectivity index (χ3v) is 2.89. The highest BCUT2D eigenvalue weighted by Crippen LogP contribution is 2.01. The molecular weight excluding hydrogens is 405 g/mol. The van der Waals surface area contributed by atoms with Gasteiger partial charge in [0.25, 0.3) is 0 Å². The minimum atomic E-state index is -0.157. The topological polar surface area (TPSA) is 78.4 Å². The second-order valence-corrected chi connectivity index (χ2v) is 4.55. The molecule has 0 saturated carbocycles. The van der Waals surface area contributed by atoms with Gasteiger partial charge >= 0.3 is 0 Å². The third kappa shape index (κ3) is 7.09. The number of aromatic nitrogens is 1. The van der Waals surface area contributed by atoms with Crippen molar-refractivity contribution in [1.82, 2.24) is 15.6 Å². The smallest absolute Gasteiger partial charge is 0.243 e. The summed E-state index contributed by atoms with van der Waals surface area (Å²) in [5.74, 6) is 0.417. The first-order chi connectivity index (χ1) is 10.8. The molecule has 2 rings (SSSR count). The van der Waals surface area contributed by atoms with E-state index in [1.54, 1.807) is 31.6 Å². The summed E-state index contributed by atoms with van der Waals surface area (Å²) in [6.45, 7) is 0.772. The minimum absolute atomic E-state index is 0. The van der Waals surface area contributed by atoms with Crippen molar-refractivity contribution < 1.29 is 4.79 Å². The Kier molecular flexibility index (Phi) is 8.66. The van der Waals surface area contributed by atoms with E-state index in [1.807, 2.05) is 30.3 Å². The molecule has 0 saturated heterocycles. The molecule has 0 bridgehead atoms. The molecule has 6 nitrogen and oxygen atoms in total. The quantitative estimate of drug-likeness (QED) is 0.389. The summed E-state index contributed by atoms with van der Waals surface area (Å²) in [7, 11) is 1.67. The number of hydrogen-bond donors (Lipinski definition) is 3. The Morgan fingerprint density at radius 1 is 1.13 bits per heavy atom. The molecular formula is C16H20IN5O. The van der Waals surface area contributed by atoms with Gasteiger partial charge in [0.1, 0.15) is 0 Å². The van der Waals surface area contributed by atoms with Gasteiger partial charge in [-0.15, -0.1) is 24.0 Å². The van der Waals surface area contributed by atoms with Crippen molar-refractivity contribution in [2.45, 2.75) is 6.54 Å². The molecule has 3 N–H and O–H groups in total. The normalized spacial score (nSPS) is 10.4. The lowest BCUT2D eigenvalue weighted by Crippen LogP contribution is -2.41. The van der Waals surface area contributed by atoms with Gasteiger partial charge in [0.15, 0.2) is 5.96 Å². The lowest BCUT2D eigenvalue weighted by molar-refractivity contribution is -0.115. The van der Waals surface area contributed by atoms with E-state index in [4.69, 9.17) is 0 Å². The van der Waals surface area contributed by atoms with Crippen molar-refractivity contribution in [3.05, 3.63) is 60.4 Å². The number of carbonyl (C=O) groups is 1. The van der Waals surface area contributed by atoms with Gasteiger partial charge in [-0.25, -0.2) is 0 Å². The average molecular weight is 425 g/mol. The number of pyridine rings is 1. The summed E-state index contributed by atoms with van der Waals surface area (Å²) in [6.07, 6.45) is 3.25. The van der Waals surface area contributed by atoms with Crippen LogP contribution in [0.15, 0.2) is 59.9 Å². The van der Waals surface area contributed by atoms with E-state index in [0.717, 1.165) is 5.56 Å². The highest BCUT2D eigenvalue weighted by Gasteiger charge is 2.04. The number of nitrogens with zero attached hydrogens (tertiary/aromatic N) is 2. The highest BCUT2D eigenvalue weighted by molar-refractivity contribution is 14.0. The van der Waals surface area contributed by atoms with Gasteiger partial charge in [0.2, 0.25) is 5.91 Å². The summed E-state index contributed by atoms with van der Waals surface area (Å²) in [5.41, 5.74) is 1.81. The van der Waals surface area contributed by atoms with Crippen molar-refractivity contribution in [2.24, 2.45) is 4.99 Å². The van der Waals surface area contributed by atoms with Gasteiger partial charge in [0.05, 0.1) is 18.4 Å². The van der Waals surface area contributed by atoms with Crippen LogP contribution in [0.2, 0.25) is 0 Å². The van der Waals surface area contributed by atoms with Crippen LogP contribution in [0.25, 0.3) is 0 Å². The van der Waals surface area contributed by atoms with E-state index in [9.17, 15) is 4.79 Å². The van der Waals surface area contributed by atoms with Crippen LogP contribution in [0, 0.1) is 0 Å². The van der Waals surface area contributed by atoms with E-state index in [2.05, 4.69) is 25.9 Å². The molecule has 0 fully saturated rings. The van der Waals surface area contributed by atoms with E-state index in [-0.39, 0.29) is 36.4 Å².